The molecule has 4 fully saturated rings. The number of aldehydes is 1. The molecular formula is C66H70N8O9. The Labute approximate surface area is 483 Å². The van der Waals surface area contributed by atoms with Crippen LogP contribution in [-0.2, 0) is 76.9 Å². The van der Waals surface area contributed by atoms with Crippen LogP contribution >= 0.6 is 0 Å². The van der Waals surface area contributed by atoms with Crippen LogP contribution in [0.1, 0.15) is 64.6 Å². The number of hydrogen-bond donors (Lipinski definition) is 7. The Hall–Kier alpha value is -8.96. The lowest BCUT2D eigenvalue weighted by atomic mass is 9.86. The van der Waals surface area contributed by atoms with Gasteiger partial charge in [-0.25, -0.2) is 0 Å². The molecule has 4 saturated heterocycles. The fourth-order valence-corrected chi connectivity index (χ4v) is 12.1. The number of nitrogens with one attached hydrogen (secondary N) is 6. The van der Waals surface area contributed by atoms with E-state index < -0.39 is 83.3 Å². The Kier molecular flexibility index (Phi) is 17.9. The standard InChI is InChI=1S/C66H70N8O9/c1-42-23-25-45(26-24-42)35-53-59(77)67-52(61(79)71-56(37-44-15-6-3-7-16-44)65(83)74-32-12-22-58(74)64(82)70-53)36-46-27-29-48(30-28-46)51-20-9-8-18-49(51)39-66(41-75)40-73-31-11-21-57(73)63(81)69-54(38-47-17-10-19-50(76)33-47)60(78)68-55(62(80)72-66)34-43-13-4-2-5-14-43/h2-10,13-20,23-30,33,41,52-58,76H,11-12,21-22,31-32,34-40H2,1H3,(H,67,77)(H,68,78)(H,69,81)(H,70,82)(H,71,79)(H,72,80)/t52-,53+,54+,55-,56+,57-,58-,66+/m1/s1. The molecule has 0 radical (unpaired) electrons. The van der Waals surface area contributed by atoms with Crippen molar-refractivity contribution in [1.29, 1.82) is 0 Å². The van der Waals surface area contributed by atoms with E-state index in [9.17, 15) is 43.5 Å². The first-order chi connectivity index (χ1) is 40.2. The van der Waals surface area contributed by atoms with E-state index in [-0.39, 0.29) is 56.7 Å². The molecule has 0 bridgehead atoms. The Balaban J connectivity index is 0.936. The van der Waals surface area contributed by atoms with Crippen molar-refractivity contribution in [3.63, 3.8) is 0 Å². The number of phenolic OH excluding ortho intramolecular Hbond substituents is 1. The molecule has 7 amide bonds. The predicted molar refractivity (Wildman–Crippen MR) is 312 cm³/mol. The minimum absolute atomic E-state index is 0.00669. The van der Waals surface area contributed by atoms with Gasteiger partial charge in [-0.1, -0.05) is 151 Å². The Morgan fingerprint density at radius 1 is 0.494 bits per heavy atom. The fraction of sp³-hybridized carbons (Fsp3) is 0.333. The third-order valence-corrected chi connectivity index (χ3v) is 16.4. The molecule has 4 aliphatic rings. The smallest absolute Gasteiger partial charge is 0.246 e. The highest BCUT2D eigenvalue weighted by molar-refractivity contribution is 5.99. The van der Waals surface area contributed by atoms with Crippen LogP contribution < -0.4 is 31.9 Å². The molecule has 0 aromatic heterocycles. The van der Waals surface area contributed by atoms with E-state index in [1.165, 1.54) is 17.0 Å². The van der Waals surface area contributed by atoms with Crippen LogP contribution in [0.15, 0.2) is 158 Å². The van der Waals surface area contributed by atoms with Crippen LogP contribution in [0, 0.1) is 6.92 Å². The zero-order valence-corrected chi connectivity index (χ0v) is 46.4. The summed E-state index contributed by atoms with van der Waals surface area (Å²) in [4.78, 5) is 119. The summed E-state index contributed by atoms with van der Waals surface area (Å²) in [6.07, 6.45) is 3.29. The van der Waals surface area contributed by atoms with Crippen LogP contribution in [0.3, 0.4) is 0 Å². The molecule has 0 aliphatic carbocycles. The summed E-state index contributed by atoms with van der Waals surface area (Å²) in [5, 5.41) is 28.2. The molecule has 10 rings (SSSR count). The molecule has 8 atom stereocenters. The van der Waals surface area contributed by atoms with E-state index in [1.54, 1.807) is 12.1 Å². The zero-order valence-electron chi connectivity index (χ0n) is 46.4. The normalized spacial score (nSPS) is 24.6. The summed E-state index contributed by atoms with van der Waals surface area (Å²) in [7, 11) is 0. The summed E-state index contributed by atoms with van der Waals surface area (Å²) in [5.41, 5.74) is 5.29. The summed E-state index contributed by atoms with van der Waals surface area (Å²) < 4.78 is 0. The molecule has 6 aromatic rings. The number of hydrogen-bond acceptors (Lipinski definition) is 10. The van der Waals surface area contributed by atoms with Crippen molar-refractivity contribution >= 4 is 47.6 Å². The van der Waals surface area contributed by atoms with Gasteiger partial charge >= 0.3 is 0 Å². The highest BCUT2D eigenvalue weighted by atomic mass is 16.3. The number of aryl methyl sites for hydroxylation is 1. The van der Waals surface area contributed by atoms with Crippen LogP contribution in [-0.4, -0.2) is 130 Å². The molecule has 0 saturated carbocycles. The lowest BCUT2D eigenvalue weighted by Crippen LogP contribution is -2.65. The van der Waals surface area contributed by atoms with Crippen LogP contribution in [0.2, 0.25) is 0 Å². The number of benzene rings is 6. The molecular weight excluding hydrogens is 1050 g/mol. The van der Waals surface area contributed by atoms with Gasteiger partial charge in [-0.15, -0.1) is 0 Å². The monoisotopic (exact) mass is 1120 g/mol. The summed E-state index contributed by atoms with van der Waals surface area (Å²) >= 11 is 0. The largest absolute Gasteiger partial charge is 0.508 e. The van der Waals surface area contributed by atoms with E-state index >= 15 is 0 Å². The van der Waals surface area contributed by atoms with E-state index in [0.717, 1.165) is 39.7 Å². The van der Waals surface area contributed by atoms with E-state index in [2.05, 4.69) is 31.9 Å². The molecule has 4 aliphatic heterocycles. The molecule has 0 unspecified atom stereocenters. The number of carbonyl (C=O) groups excluding carboxylic acids is 8. The number of phenols is 1. The first kappa shape index (κ1) is 57.3. The van der Waals surface area contributed by atoms with E-state index in [4.69, 9.17) is 0 Å². The summed E-state index contributed by atoms with van der Waals surface area (Å²) in [6.45, 7) is 2.72. The number of rotatable bonds is 14. The molecule has 7 N–H and O–H groups in total. The predicted octanol–water partition coefficient (Wildman–Crippen LogP) is 4.38. The summed E-state index contributed by atoms with van der Waals surface area (Å²) in [6, 6.07) is 40.5. The van der Waals surface area contributed by atoms with Gasteiger partial charge < -0.3 is 46.7 Å². The quantitative estimate of drug-likeness (QED) is 0.0761. The highest BCUT2D eigenvalue weighted by Crippen LogP contribution is 2.30. The van der Waals surface area contributed by atoms with Crippen LogP contribution in [0.4, 0.5) is 0 Å². The Morgan fingerprint density at radius 3 is 1.57 bits per heavy atom. The number of carbonyl (C=O) groups is 8. The lowest BCUT2D eigenvalue weighted by Gasteiger charge is -2.38. The molecule has 428 valence electrons. The van der Waals surface area contributed by atoms with Crippen LogP contribution in [0.25, 0.3) is 11.1 Å². The second-order valence-electron chi connectivity index (χ2n) is 22.6. The highest BCUT2D eigenvalue weighted by Gasteiger charge is 2.44. The van der Waals surface area contributed by atoms with Gasteiger partial charge in [0.1, 0.15) is 53.8 Å². The lowest BCUT2D eigenvalue weighted by molar-refractivity contribution is -0.143. The maximum Gasteiger partial charge on any atom is 0.246 e. The topological polar surface area (TPSA) is 235 Å². The molecule has 83 heavy (non-hydrogen) atoms. The zero-order chi connectivity index (χ0) is 58.0. The Bertz CT molecular complexity index is 3340. The average Bonchev–Trinajstić information content (AvgIpc) is 4.23. The van der Waals surface area contributed by atoms with Gasteiger partial charge in [-0.3, -0.25) is 38.5 Å². The number of aromatic hydroxyl groups is 1. The number of nitrogens with zero attached hydrogens (tertiary/aromatic N) is 2. The van der Waals surface area contributed by atoms with Crippen molar-refractivity contribution in [2.75, 3.05) is 19.6 Å². The third kappa shape index (κ3) is 14.0. The van der Waals surface area contributed by atoms with Gasteiger partial charge in [0.15, 0.2) is 0 Å². The van der Waals surface area contributed by atoms with Crippen LogP contribution in [0.5, 0.6) is 5.75 Å². The van der Waals surface area contributed by atoms with Gasteiger partial charge in [-0.05, 0) is 95.8 Å². The van der Waals surface area contributed by atoms with Gasteiger partial charge in [-0.2, -0.15) is 0 Å². The SMILES string of the molecule is Cc1ccc(C[C@@H]2NC(=O)[C@H]3CCCN3C(=O)[C@H](Cc3ccccc3)NC(=O)[C@@H](Cc3ccc(-c4ccccc4C[C@@]4(C=O)CN5CCC[C@@H]5C(=O)N[C@@H](Cc5cccc(O)c5)C(=O)N[C@H](Cc5ccccc5)C(=O)N4)cc3)NC2=O)cc1. The average molecular weight is 1120 g/mol. The molecule has 4 heterocycles. The van der Waals surface area contributed by atoms with E-state index in [0.29, 0.717) is 55.5 Å². The molecule has 17 nitrogen and oxygen atoms in total. The Morgan fingerprint density at radius 2 is 0.964 bits per heavy atom. The van der Waals surface area contributed by atoms with Crippen molar-refractivity contribution in [1.82, 2.24) is 41.7 Å². The van der Waals surface area contributed by atoms with Crippen molar-refractivity contribution in [3.8, 4) is 16.9 Å². The first-order valence-electron chi connectivity index (χ1n) is 28.6. The van der Waals surface area contributed by atoms with Gasteiger partial charge in [0.2, 0.25) is 41.4 Å². The minimum Gasteiger partial charge on any atom is -0.508 e. The number of fused-ring (bicyclic) bond motifs is 2. The van der Waals surface area contributed by atoms with Crippen molar-refractivity contribution in [2.45, 2.75) is 119 Å². The minimum atomic E-state index is -1.60. The second-order valence-corrected chi connectivity index (χ2v) is 22.6. The number of amides is 7. The fourth-order valence-electron chi connectivity index (χ4n) is 12.1. The maximum absolute atomic E-state index is 14.9. The molecule has 6 aromatic carbocycles. The van der Waals surface area contributed by atoms with Crippen molar-refractivity contribution in [3.05, 3.63) is 197 Å². The molecule has 17 heteroatoms. The van der Waals surface area contributed by atoms with Gasteiger partial charge in [0.25, 0.3) is 0 Å². The maximum atomic E-state index is 14.9. The van der Waals surface area contributed by atoms with Gasteiger partial charge in [0.05, 0.1) is 6.04 Å². The van der Waals surface area contributed by atoms with Gasteiger partial charge in [0, 0.05) is 51.6 Å². The van der Waals surface area contributed by atoms with Crippen molar-refractivity contribution < 1.29 is 43.5 Å². The second kappa shape index (κ2) is 25.9. The molecule has 0 spiro atoms. The third-order valence-electron chi connectivity index (χ3n) is 16.4. The summed E-state index contributed by atoms with van der Waals surface area (Å²) in [5.74, 6) is -3.49. The van der Waals surface area contributed by atoms with E-state index in [1.807, 2.05) is 145 Å². The van der Waals surface area contributed by atoms with Crippen molar-refractivity contribution in [2.24, 2.45) is 0 Å². The first-order valence-corrected chi connectivity index (χ1v) is 28.6.